The maximum atomic E-state index is 13.1. The van der Waals surface area contributed by atoms with Gasteiger partial charge in [0, 0.05) is 24.3 Å². The maximum absolute atomic E-state index is 13.1. The quantitative estimate of drug-likeness (QED) is 0.343. The van der Waals surface area contributed by atoms with Crippen LogP contribution in [0.1, 0.15) is 6.92 Å². The molecule has 2 aromatic carbocycles. The summed E-state index contributed by atoms with van der Waals surface area (Å²) in [5, 5.41) is 21.7. The van der Waals surface area contributed by atoms with Gasteiger partial charge in [-0.15, -0.1) is 0 Å². The molecule has 13 heteroatoms. The van der Waals surface area contributed by atoms with Crippen LogP contribution in [0.5, 0.6) is 0 Å². The van der Waals surface area contributed by atoms with E-state index in [9.17, 15) is 33.4 Å². The summed E-state index contributed by atoms with van der Waals surface area (Å²) < 4.78 is 31.6. The highest BCUT2D eigenvalue weighted by atomic mass is 35.5. The van der Waals surface area contributed by atoms with Crippen LogP contribution in [-0.4, -0.2) is 37.4 Å². The molecule has 2 aromatic rings. The van der Waals surface area contributed by atoms with E-state index in [1.807, 2.05) is 0 Å². The van der Waals surface area contributed by atoms with Crippen LogP contribution in [0, 0.1) is 20.2 Å². The molecule has 0 fully saturated rings. The summed E-state index contributed by atoms with van der Waals surface area (Å²) in [4.78, 5) is 32.0. The Balaban J connectivity index is 2.61. The van der Waals surface area contributed by atoms with Crippen molar-refractivity contribution in [3.63, 3.8) is 0 Å². The Morgan fingerprint density at radius 1 is 1.07 bits per heavy atom. The molecule has 0 amide bonds. The van der Waals surface area contributed by atoms with Gasteiger partial charge in [0.25, 0.3) is 21.4 Å². The second-order valence-electron chi connectivity index (χ2n) is 5.46. The number of hydrogen-bond donors (Lipinski definition) is 0. The van der Waals surface area contributed by atoms with Crippen molar-refractivity contribution in [3.8, 4) is 0 Å². The van der Waals surface area contributed by atoms with Crippen LogP contribution in [0.15, 0.2) is 47.4 Å². The molecule has 0 spiro atoms. The van der Waals surface area contributed by atoms with Gasteiger partial charge in [0.1, 0.15) is 6.54 Å². The van der Waals surface area contributed by atoms with E-state index in [1.54, 1.807) is 0 Å². The molecule has 0 heterocycles. The lowest BCUT2D eigenvalue weighted by Gasteiger charge is -2.24. The van der Waals surface area contributed by atoms with Crippen molar-refractivity contribution < 1.29 is 27.8 Å². The topological polar surface area (TPSA) is 150 Å². The molecule has 11 nitrogen and oxygen atoms in total. The molecule has 0 aliphatic heterocycles. The molecule has 0 atom stereocenters. The van der Waals surface area contributed by atoms with Crippen molar-refractivity contribution in [3.05, 3.63) is 67.7 Å². The Morgan fingerprint density at radius 3 is 2.14 bits per heavy atom. The van der Waals surface area contributed by atoms with Crippen molar-refractivity contribution in [2.24, 2.45) is 0 Å². The number of hydrogen-bond acceptors (Lipinski definition) is 8. The highest BCUT2D eigenvalue weighted by Gasteiger charge is 2.31. The first-order valence-electron chi connectivity index (χ1n) is 7.94. The number of carbonyl (C=O) groups excluding carboxylic acids is 1. The zero-order valence-electron chi connectivity index (χ0n) is 14.8. The van der Waals surface area contributed by atoms with E-state index in [-0.39, 0.29) is 27.9 Å². The summed E-state index contributed by atoms with van der Waals surface area (Å²) in [5.74, 6) is -0.916. The molecule has 0 aliphatic rings. The number of non-ortho nitro benzene ring substituents is 2. The second kappa shape index (κ2) is 8.84. The molecule has 29 heavy (non-hydrogen) atoms. The lowest BCUT2D eigenvalue weighted by atomic mass is 10.3. The number of nitrogens with zero attached hydrogens (tertiary/aromatic N) is 3. The minimum Gasteiger partial charge on any atom is -0.465 e. The van der Waals surface area contributed by atoms with E-state index in [0.717, 1.165) is 42.5 Å². The Bertz CT molecular complexity index is 1060. The van der Waals surface area contributed by atoms with Crippen molar-refractivity contribution in [1.82, 2.24) is 0 Å². The van der Waals surface area contributed by atoms with Gasteiger partial charge in [-0.1, -0.05) is 11.6 Å². The number of esters is 1. The number of rotatable bonds is 8. The number of anilines is 1. The zero-order chi connectivity index (χ0) is 21.8. The predicted molar refractivity (Wildman–Crippen MR) is 102 cm³/mol. The van der Waals surface area contributed by atoms with Crippen molar-refractivity contribution >= 4 is 44.7 Å². The van der Waals surface area contributed by atoms with E-state index >= 15 is 0 Å². The Morgan fingerprint density at radius 2 is 1.62 bits per heavy atom. The first kappa shape index (κ1) is 22.0. The number of nitro groups is 2. The highest BCUT2D eigenvalue weighted by molar-refractivity contribution is 7.92. The normalized spacial score (nSPS) is 11.0. The first-order chi connectivity index (χ1) is 13.6. The summed E-state index contributed by atoms with van der Waals surface area (Å²) >= 11 is 6.05. The summed E-state index contributed by atoms with van der Waals surface area (Å²) in [6.45, 7) is 0.689. The molecule has 0 N–H and O–H groups in total. The molecule has 0 aliphatic carbocycles. The second-order valence-corrected chi connectivity index (χ2v) is 7.73. The monoisotopic (exact) mass is 443 g/mol. The predicted octanol–water partition coefficient (Wildman–Crippen LogP) is 2.91. The van der Waals surface area contributed by atoms with E-state index in [0.29, 0.717) is 4.31 Å². The van der Waals surface area contributed by atoms with Crippen molar-refractivity contribution in [1.29, 1.82) is 0 Å². The standard InChI is InChI=1S/C16H14ClN3O8S/c1-2-28-16(21)10-18(15-9-12(20(24)25)5-8-14(15)17)29(26,27)13-6-3-11(4-7-13)19(22)23/h3-9H,2,10H2,1H3. The molecule has 0 unspecified atom stereocenters. The number of halogens is 1. The molecule has 0 bridgehead atoms. The minimum absolute atomic E-state index is 0.0209. The third-order valence-electron chi connectivity index (χ3n) is 3.62. The molecule has 0 aromatic heterocycles. The van der Waals surface area contributed by atoms with Gasteiger partial charge in [0.05, 0.1) is 32.1 Å². The number of carbonyl (C=O) groups is 1. The van der Waals surface area contributed by atoms with Gasteiger partial charge in [0.15, 0.2) is 0 Å². The maximum Gasteiger partial charge on any atom is 0.326 e. The third-order valence-corrected chi connectivity index (χ3v) is 5.72. The first-order valence-corrected chi connectivity index (χ1v) is 9.76. The van der Waals surface area contributed by atoms with Gasteiger partial charge in [-0.05, 0) is 25.1 Å². The van der Waals surface area contributed by atoms with Crippen molar-refractivity contribution in [2.45, 2.75) is 11.8 Å². The lowest BCUT2D eigenvalue weighted by Crippen LogP contribution is -2.36. The Kier molecular flexibility index (Phi) is 6.72. The van der Waals surface area contributed by atoms with E-state index < -0.39 is 38.1 Å². The molecule has 0 saturated heterocycles. The number of ether oxygens (including phenoxy) is 1. The van der Waals surface area contributed by atoms with Gasteiger partial charge in [-0.25, -0.2) is 8.42 Å². The average Bonchev–Trinajstić information content (AvgIpc) is 2.66. The molecular weight excluding hydrogens is 430 g/mol. The van der Waals surface area contributed by atoms with Crippen LogP contribution in [0.3, 0.4) is 0 Å². The number of sulfonamides is 1. The average molecular weight is 444 g/mol. The molecular formula is C16H14ClN3O8S. The Labute approximate surface area is 169 Å². The van der Waals surface area contributed by atoms with Gasteiger partial charge >= 0.3 is 5.97 Å². The van der Waals surface area contributed by atoms with Crippen LogP contribution in [-0.2, 0) is 19.6 Å². The smallest absolute Gasteiger partial charge is 0.326 e. The molecule has 0 radical (unpaired) electrons. The fourth-order valence-corrected chi connectivity index (χ4v) is 3.99. The summed E-state index contributed by atoms with van der Waals surface area (Å²) in [7, 11) is -4.47. The van der Waals surface area contributed by atoms with E-state index in [4.69, 9.17) is 16.3 Å². The highest BCUT2D eigenvalue weighted by Crippen LogP contribution is 2.34. The van der Waals surface area contributed by atoms with Gasteiger partial charge in [-0.3, -0.25) is 29.3 Å². The molecule has 2 rings (SSSR count). The number of benzene rings is 2. The summed E-state index contributed by atoms with van der Waals surface area (Å²) in [5.41, 5.74) is -1.10. The van der Waals surface area contributed by atoms with Gasteiger partial charge in [0.2, 0.25) is 0 Å². The van der Waals surface area contributed by atoms with Crippen LogP contribution in [0.25, 0.3) is 0 Å². The molecule has 0 saturated carbocycles. The molecule has 154 valence electrons. The summed E-state index contributed by atoms with van der Waals surface area (Å²) in [6.07, 6.45) is 0. The SMILES string of the molecule is CCOC(=O)CN(c1cc([N+](=O)[O-])ccc1Cl)S(=O)(=O)c1ccc([N+](=O)[O-])cc1. The zero-order valence-corrected chi connectivity index (χ0v) is 16.4. The van der Waals surface area contributed by atoms with Crippen LogP contribution in [0.4, 0.5) is 17.1 Å². The van der Waals surface area contributed by atoms with Crippen molar-refractivity contribution in [2.75, 3.05) is 17.5 Å². The summed E-state index contributed by atoms with van der Waals surface area (Å²) in [6, 6.07) is 7.03. The third kappa shape index (κ3) is 4.97. The number of nitro benzene ring substituents is 2. The van der Waals surface area contributed by atoms with Crippen LogP contribution >= 0.6 is 11.6 Å². The van der Waals surface area contributed by atoms with E-state index in [1.165, 1.54) is 6.92 Å². The van der Waals surface area contributed by atoms with Gasteiger partial charge < -0.3 is 4.74 Å². The Hall–Kier alpha value is -3.25. The van der Waals surface area contributed by atoms with Crippen LogP contribution in [0.2, 0.25) is 5.02 Å². The lowest BCUT2D eigenvalue weighted by molar-refractivity contribution is -0.385. The van der Waals surface area contributed by atoms with Crippen LogP contribution < -0.4 is 4.31 Å². The largest absolute Gasteiger partial charge is 0.465 e. The fourth-order valence-electron chi connectivity index (χ4n) is 2.30. The van der Waals surface area contributed by atoms with E-state index in [2.05, 4.69) is 0 Å². The fraction of sp³-hybridized carbons (Fsp3) is 0.188. The van der Waals surface area contributed by atoms with Gasteiger partial charge in [-0.2, -0.15) is 0 Å². The minimum atomic E-state index is -4.47.